The van der Waals surface area contributed by atoms with Crippen LogP contribution in [-0.2, 0) is 0 Å². The number of rotatable bonds is 0. The van der Waals surface area contributed by atoms with Crippen LogP contribution < -0.4 is 0 Å². The second-order valence-electron chi connectivity index (χ2n) is 3.17. The molecule has 15 heavy (non-hydrogen) atoms. The number of nitrogens with zero attached hydrogens (tertiary/aromatic N) is 3. The van der Waals surface area contributed by atoms with Gasteiger partial charge in [-0.3, -0.25) is 4.40 Å². The van der Waals surface area contributed by atoms with Crippen molar-refractivity contribution >= 4 is 44.0 Å². The van der Waals surface area contributed by atoms with E-state index < -0.39 is 0 Å². The highest BCUT2D eigenvalue weighted by Gasteiger charge is 2.12. The van der Waals surface area contributed by atoms with Gasteiger partial charge >= 0.3 is 0 Å². The molecule has 0 spiro atoms. The molecular weight excluding hydrogens is 277 g/mol. The van der Waals surface area contributed by atoms with Crippen LogP contribution in [0.3, 0.4) is 0 Å². The van der Waals surface area contributed by atoms with Crippen molar-refractivity contribution in [2.75, 3.05) is 0 Å². The minimum absolute atomic E-state index is 0.403. The highest BCUT2D eigenvalue weighted by molar-refractivity contribution is 9.10. The summed E-state index contributed by atoms with van der Waals surface area (Å²) in [6, 6.07) is 8.02. The molecular formula is C10H5BrClN3. The fraction of sp³-hybridized carbons (Fsp3) is 0. The van der Waals surface area contributed by atoms with Gasteiger partial charge in [0.1, 0.15) is 11.8 Å². The number of hydrogen-bond acceptors (Lipinski definition) is 2. The Balaban J connectivity index is 2.69. The third-order valence-corrected chi connectivity index (χ3v) is 3.41. The first kappa shape index (κ1) is 9.12. The lowest BCUT2D eigenvalue weighted by atomic mass is 10.2. The molecule has 0 atom stereocenters. The molecule has 2 heterocycles. The van der Waals surface area contributed by atoms with Crippen molar-refractivity contribution in [3.63, 3.8) is 0 Å². The molecule has 5 heteroatoms. The van der Waals surface area contributed by atoms with Gasteiger partial charge in [-0.25, -0.2) is 0 Å². The Morgan fingerprint density at radius 1 is 1.27 bits per heavy atom. The quantitative estimate of drug-likeness (QED) is 0.633. The van der Waals surface area contributed by atoms with E-state index in [4.69, 9.17) is 11.6 Å². The second-order valence-corrected chi connectivity index (χ2v) is 4.32. The molecule has 3 rings (SSSR count). The van der Waals surface area contributed by atoms with Crippen molar-refractivity contribution < 1.29 is 0 Å². The molecule has 0 aliphatic carbocycles. The molecule has 1 aromatic carbocycles. The summed E-state index contributed by atoms with van der Waals surface area (Å²) in [5, 5.41) is 9.17. The van der Waals surface area contributed by atoms with Crippen molar-refractivity contribution in [3.05, 3.63) is 40.2 Å². The summed E-state index contributed by atoms with van der Waals surface area (Å²) in [7, 11) is 0. The van der Waals surface area contributed by atoms with E-state index in [0.717, 1.165) is 20.9 Å². The lowest BCUT2D eigenvalue weighted by Crippen LogP contribution is -1.90. The maximum Gasteiger partial charge on any atom is 0.176 e. The molecule has 0 bridgehead atoms. The van der Waals surface area contributed by atoms with Crippen molar-refractivity contribution in [1.82, 2.24) is 14.6 Å². The third kappa shape index (κ3) is 1.18. The standard InChI is InChI=1S/C10H5BrClN3/c11-8-6-3-1-2-4-7(6)15-5-13-14-10(12)9(8)15/h1-5H. The Morgan fingerprint density at radius 3 is 2.93 bits per heavy atom. The minimum atomic E-state index is 0.403. The van der Waals surface area contributed by atoms with Gasteiger partial charge in [0.25, 0.3) is 0 Å². The van der Waals surface area contributed by atoms with E-state index in [2.05, 4.69) is 26.1 Å². The van der Waals surface area contributed by atoms with Crippen LogP contribution in [0.15, 0.2) is 35.1 Å². The Bertz CT molecular complexity index is 662. The van der Waals surface area contributed by atoms with E-state index in [9.17, 15) is 0 Å². The topological polar surface area (TPSA) is 30.2 Å². The van der Waals surface area contributed by atoms with Crippen LogP contribution in [-0.4, -0.2) is 14.6 Å². The van der Waals surface area contributed by atoms with E-state index in [1.54, 1.807) is 6.33 Å². The van der Waals surface area contributed by atoms with E-state index in [1.165, 1.54) is 0 Å². The molecule has 0 unspecified atom stereocenters. The lowest BCUT2D eigenvalue weighted by molar-refractivity contribution is 0.962. The van der Waals surface area contributed by atoms with Crippen LogP contribution >= 0.6 is 27.5 Å². The normalized spacial score (nSPS) is 11.3. The molecule has 3 aromatic rings. The summed E-state index contributed by atoms with van der Waals surface area (Å²) >= 11 is 9.54. The predicted octanol–water partition coefficient (Wildman–Crippen LogP) is 3.30. The predicted molar refractivity (Wildman–Crippen MR) is 63.2 cm³/mol. The molecule has 0 aliphatic rings. The molecule has 0 saturated heterocycles. The van der Waals surface area contributed by atoms with E-state index >= 15 is 0 Å². The monoisotopic (exact) mass is 281 g/mol. The minimum Gasteiger partial charge on any atom is -0.295 e. The summed E-state index contributed by atoms with van der Waals surface area (Å²) in [4.78, 5) is 0. The van der Waals surface area contributed by atoms with E-state index in [-0.39, 0.29) is 0 Å². The molecule has 0 radical (unpaired) electrons. The molecule has 0 fully saturated rings. The van der Waals surface area contributed by atoms with Crippen LogP contribution in [0.5, 0.6) is 0 Å². The van der Waals surface area contributed by atoms with Gasteiger partial charge in [-0.05, 0) is 22.0 Å². The number of aromatic nitrogens is 3. The molecule has 0 aliphatic heterocycles. The molecule has 2 aromatic heterocycles. The first-order valence-corrected chi connectivity index (χ1v) is 5.51. The van der Waals surface area contributed by atoms with Crippen LogP contribution in [0, 0.1) is 0 Å². The highest BCUT2D eigenvalue weighted by atomic mass is 79.9. The summed E-state index contributed by atoms with van der Waals surface area (Å²) in [6.45, 7) is 0. The third-order valence-electron chi connectivity index (χ3n) is 2.36. The zero-order chi connectivity index (χ0) is 10.4. The molecule has 74 valence electrons. The Hall–Kier alpha value is -1.13. The van der Waals surface area contributed by atoms with Crippen molar-refractivity contribution in [2.24, 2.45) is 0 Å². The SMILES string of the molecule is Clc1nncn2c1c(Br)c1ccccc12. The molecule has 0 N–H and O–H groups in total. The average Bonchev–Trinajstić information content (AvgIpc) is 2.55. The maximum absolute atomic E-state index is 6.01. The number of halogens is 2. The van der Waals surface area contributed by atoms with Crippen molar-refractivity contribution in [3.8, 4) is 0 Å². The largest absolute Gasteiger partial charge is 0.295 e. The first-order chi connectivity index (χ1) is 7.29. The summed E-state index contributed by atoms with van der Waals surface area (Å²) in [5.41, 5.74) is 1.92. The zero-order valence-electron chi connectivity index (χ0n) is 7.48. The van der Waals surface area contributed by atoms with Gasteiger partial charge in [0.2, 0.25) is 0 Å². The fourth-order valence-electron chi connectivity index (χ4n) is 1.71. The van der Waals surface area contributed by atoms with Gasteiger partial charge in [0.15, 0.2) is 5.15 Å². The van der Waals surface area contributed by atoms with Crippen LogP contribution in [0.2, 0.25) is 5.15 Å². The number of fused-ring (bicyclic) bond motifs is 3. The summed E-state index contributed by atoms with van der Waals surface area (Å²) < 4.78 is 2.88. The Labute approximate surface area is 98.8 Å². The zero-order valence-corrected chi connectivity index (χ0v) is 9.83. The number of para-hydroxylation sites is 1. The van der Waals surface area contributed by atoms with Crippen LogP contribution in [0.25, 0.3) is 16.4 Å². The summed E-state index contributed by atoms with van der Waals surface area (Å²) in [5.74, 6) is 0. The average molecular weight is 283 g/mol. The summed E-state index contributed by atoms with van der Waals surface area (Å²) in [6.07, 6.45) is 1.66. The van der Waals surface area contributed by atoms with Gasteiger partial charge in [0.05, 0.1) is 9.99 Å². The highest BCUT2D eigenvalue weighted by Crippen LogP contribution is 2.33. The molecule has 0 amide bonds. The van der Waals surface area contributed by atoms with Crippen LogP contribution in [0.1, 0.15) is 0 Å². The van der Waals surface area contributed by atoms with Gasteiger partial charge in [-0.2, -0.15) is 0 Å². The van der Waals surface area contributed by atoms with Gasteiger partial charge in [0, 0.05) is 5.39 Å². The van der Waals surface area contributed by atoms with E-state index in [0.29, 0.717) is 5.15 Å². The molecule has 3 nitrogen and oxygen atoms in total. The van der Waals surface area contributed by atoms with Crippen LogP contribution in [0.4, 0.5) is 0 Å². The fourth-order valence-corrected chi connectivity index (χ4v) is 2.77. The van der Waals surface area contributed by atoms with Gasteiger partial charge in [-0.1, -0.05) is 29.8 Å². The smallest absolute Gasteiger partial charge is 0.176 e. The van der Waals surface area contributed by atoms with Crippen molar-refractivity contribution in [2.45, 2.75) is 0 Å². The van der Waals surface area contributed by atoms with Crippen molar-refractivity contribution in [1.29, 1.82) is 0 Å². The Kier molecular flexibility index (Phi) is 1.94. The maximum atomic E-state index is 6.01. The van der Waals surface area contributed by atoms with E-state index in [1.807, 2.05) is 28.7 Å². The lowest BCUT2D eigenvalue weighted by Gasteiger charge is -1.95. The van der Waals surface area contributed by atoms with Gasteiger partial charge in [-0.15, -0.1) is 10.2 Å². The number of hydrogen-bond donors (Lipinski definition) is 0. The van der Waals surface area contributed by atoms with Gasteiger partial charge < -0.3 is 0 Å². The Morgan fingerprint density at radius 2 is 2.07 bits per heavy atom. The first-order valence-electron chi connectivity index (χ1n) is 4.34. The molecule has 0 saturated carbocycles. The number of benzene rings is 1. The second kappa shape index (κ2) is 3.18.